The molecule has 0 bridgehead atoms. The lowest BCUT2D eigenvalue weighted by atomic mass is 10.2. The fourth-order valence-corrected chi connectivity index (χ4v) is 6.67. The lowest BCUT2D eigenvalue weighted by Gasteiger charge is -2.15. The largest absolute Gasteiger partial charge is 0.302 e. The topological polar surface area (TPSA) is 93.6 Å². The fourth-order valence-electron chi connectivity index (χ4n) is 3.52. The summed E-state index contributed by atoms with van der Waals surface area (Å²) >= 11 is 4.49. The molecule has 0 aliphatic rings. The normalized spacial score (nSPS) is 11.4. The van der Waals surface area contributed by atoms with E-state index >= 15 is 0 Å². The van der Waals surface area contributed by atoms with Gasteiger partial charge in [-0.1, -0.05) is 47.9 Å². The molecule has 182 valence electrons. The Morgan fingerprint density at radius 1 is 0.857 bits per heavy atom. The molecule has 4 aromatic rings. The van der Waals surface area contributed by atoms with Crippen LogP contribution in [0.5, 0.6) is 0 Å². The molecule has 4 rings (SSSR count). The van der Waals surface area contributed by atoms with Crippen molar-refractivity contribution in [1.29, 1.82) is 0 Å². The van der Waals surface area contributed by atoms with E-state index in [0.717, 1.165) is 39.4 Å². The third kappa shape index (κ3) is 6.99. The number of nitrogens with one attached hydrogen (secondary N) is 1. The Hall–Kier alpha value is -2.56. The van der Waals surface area contributed by atoms with Gasteiger partial charge in [-0.25, -0.2) is 24.9 Å². The minimum Gasteiger partial charge on any atom is -0.302 e. The molecule has 0 aliphatic heterocycles. The first-order valence-corrected chi connectivity index (χ1v) is 14.2. The van der Waals surface area contributed by atoms with Gasteiger partial charge in [0.2, 0.25) is 5.91 Å². The molecule has 0 radical (unpaired) electrons. The summed E-state index contributed by atoms with van der Waals surface area (Å²) in [5.41, 5.74) is 5.82. The molecule has 0 aliphatic carbocycles. The predicted octanol–water partition coefficient (Wildman–Crippen LogP) is 5.81. The highest BCUT2D eigenvalue weighted by atomic mass is 32.2. The van der Waals surface area contributed by atoms with Crippen LogP contribution in [0, 0.1) is 33.6 Å². The van der Waals surface area contributed by atoms with E-state index in [4.69, 9.17) is 0 Å². The number of benzene rings is 1. The van der Waals surface area contributed by atoms with Crippen LogP contribution in [0.3, 0.4) is 0 Å². The van der Waals surface area contributed by atoms with Gasteiger partial charge in [0.15, 0.2) is 15.4 Å². The monoisotopic (exact) mass is 524 g/mol. The highest BCUT2D eigenvalue weighted by Crippen LogP contribution is 2.29. The van der Waals surface area contributed by atoms with Crippen molar-refractivity contribution in [3.8, 4) is 0 Å². The number of aryl methyl sites for hydroxylation is 5. The van der Waals surface area contributed by atoms with Crippen molar-refractivity contribution in [2.45, 2.75) is 51.4 Å². The molecule has 1 amide bonds. The third-order valence-corrected chi connectivity index (χ3v) is 8.17. The van der Waals surface area contributed by atoms with E-state index in [1.807, 2.05) is 45.9 Å². The zero-order valence-electron chi connectivity index (χ0n) is 20.5. The zero-order valence-corrected chi connectivity index (χ0v) is 22.9. The second-order valence-electron chi connectivity index (χ2n) is 8.35. The van der Waals surface area contributed by atoms with Gasteiger partial charge >= 0.3 is 0 Å². The number of hydrogen-bond donors (Lipinski definition) is 1. The summed E-state index contributed by atoms with van der Waals surface area (Å²) in [4.78, 5) is 36.0. The lowest BCUT2D eigenvalue weighted by Crippen LogP contribution is -2.27. The molecule has 1 aromatic carbocycles. The number of nitrogens with zero attached hydrogens (tertiary/aromatic N) is 5. The number of hydrogen-bond acceptors (Lipinski definition) is 9. The maximum Gasteiger partial charge on any atom is 0.230 e. The predicted molar refractivity (Wildman–Crippen MR) is 146 cm³/mol. The van der Waals surface area contributed by atoms with Gasteiger partial charge in [-0.3, -0.25) is 4.79 Å². The van der Waals surface area contributed by atoms with Gasteiger partial charge < -0.3 is 5.32 Å². The number of amides is 1. The van der Waals surface area contributed by atoms with Crippen molar-refractivity contribution >= 4 is 56.1 Å². The molecule has 35 heavy (non-hydrogen) atoms. The second kappa shape index (κ2) is 11.5. The summed E-state index contributed by atoms with van der Waals surface area (Å²) in [6, 6.07) is 10.1. The van der Waals surface area contributed by atoms with Gasteiger partial charge in [-0.2, -0.15) is 0 Å². The number of thiazole rings is 1. The number of rotatable bonds is 9. The Labute approximate surface area is 218 Å². The van der Waals surface area contributed by atoms with Gasteiger partial charge in [0.1, 0.15) is 0 Å². The van der Waals surface area contributed by atoms with E-state index in [0.29, 0.717) is 27.0 Å². The molecule has 0 spiro atoms. The van der Waals surface area contributed by atoms with E-state index in [2.05, 4.69) is 49.3 Å². The molecule has 1 N–H and O–H groups in total. The summed E-state index contributed by atoms with van der Waals surface area (Å²) in [6.45, 7) is 9.94. The molecule has 0 saturated heterocycles. The quantitative estimate of drug-likeness (QED) is 0.216. The highest BCUT2D eigenvalue weighted by Gasteiger charge is 2.22. The van der Waals surface area contributed by atoms with Crippen molar-refractivity contribution in [3.63, 3.8) is 0 Å². The maximum atomic E-state index is 13.4. The number of carbonyl (C=O) groups excluding carboxylic acids is 1. The van der Waals surface area contributed by atoms with E-state index < -0.39 is 0 Å². The molecule has 0 atom stereocenters. The minimum absolute atomic E-state index is 0.0754. The summed E-state index contributed by atoms with van der Waals surface area (Å²) < 4.78 is 1.08. The van der Waals surface area contributed by atoms with E-state index in [1.165, 1.54) is 40.4 Å². The van der Waals surface area contributed by atoms with E-state index in [9.17, 15) is 4.79 Å². The smallest absolute Gasteiger partial charge is 0.230 e. The molecular formula is C25H28N6OS3. The molecule has 3 heterocycles. The van der Waals surface area contributed by atoms with Crippen LogP contribution >= 0.6 is 34.9 Å². The molecule has 7 nitrogen and oxygen atoms in total. The van der Waals surface area contributed by atoms with Crippen molar-refractivity contribution in [2.75, 3.05) is 16.8 Å². The molecule has 0 unspecified atom stereocenters. The average Bonchev–Trinajstić information content (AvgIpc) is 3.19. The number of thioether (sulfide) groups is 2. The Kier molecular flexibility index (Phi) is 8.35. The van der Waals surface area contributed by atoms with E-state index in [-0.39, 0.29) is 11.8 Å². The maximum absolute atomic E-state index is 13.4. The van der Waals surface area contributed by atoms with Crippen molar-refractivity contribution < 1.29 is 4.79 Å². The van der Waals surface area contributed by atoms with Crippen LogP contribution in [0.4, 0.5) is 5.13 Å². The van der Waals surface area contributed by atoms with Crippen molar-refractivity contribution in [3.05, 3.63) is 58.7 Å². The van der Waals surface area contributed by atoms with Crippen molar-refractivity contribution in [1.82, 2.24) is 24.9 Å². The Morgan fingerprint density at radius 2 is 1.40 bits per heavy atom. The molecule has 0 saturated carbocycles. The Bertz CT molecular complexity index is 1260. The molecule has 3 aromatic heterocycles. The van der Waals surface area contributed by atoms with Gasteiger partial charge in [0.05, 0.1) is 16.1 Å². The zero-order chi connectivity index (χ0) is 24.9. The number of anilines is 1. The summed E-state index contributed by atoms with van der Waals surface area (Å²) in [5, 5.41) is 5.02. The molecule has 10 heteroatoms. The van der Waals surface area contributed by atoms with Crippen LogP contribution in [-0.2, 0) is 11.2 Å². The van der Waals surface area contributed by atoms with Gasteiger partial charge in [0, 0.05) is 34.3 Å². The Balaban J connectivity index is 1.51. The van der Waals surface area contributed by atoms with Gasteiger partial charge in [0.25, 0.3) is 0 Å². The average molecular weight is 525 g/mol. The van der Waals surface area contributed by atoms with Crippen LogP contribution in [0.2, 0.25) is 0 Å². The summed E-state index contributed by atoms with van der Waals surface area (Å²) in [7, 11) is 0. The van der Waals surface area contributed by atoms with Crippen LogP contribution in [0.25, 0.3) is 10.2 Å². The number of aromatic nitrogens is 5. The Morgan fingerprint density at radius 3 is 1.91 bits per heavy atom. The SMILES string of the molecule is CCc1ccc2nc(NC(=O)C(CSc3nc(C)cc(C)n3)CSc3nc(C)cc(C)n3)sc2c1. The number of carbonyl (C=O) groups is 1. The number of fused-ring (bicyclic) bond motifs is 1. The first-order valence-electron chi connectivity index (χ1n) is 11.4. The van der Waals surface area contributed by atoms with Gasteiger partial charge in [-0.05, 0) is 63.9 Å². The first-order chi connectivity index (χ1) is 16.8. The van der Waals surface area contributed by atoms with Gasteiger partial charge in [-0.15, -0.1) is 0 Å². The first kappa shape index (κ1) is 25.5. The third-order valence-electron chi connectivity index (χ3n) is 5.21. The second-order valence-corrected chi connectivity index (χ2v) is 11.4. The van der Waals surface area contributed by atoms with Crippen molar-refractivity contribution in [2.24, 2.45) is 5.92 Å². The van der Waals surface area contributed by atoms with E-state index in [1.54, 1.807) is 0 Å². The van der Waals surface area contributed by atoms with Crippen LogP contribution in [0.1, 0.15) is 35.3 Å². The van der Waals surface area contributed by atoms with Crippen LogP contribution in [0.15, 0.2) is 40.6 Å². The minimum atomic E-state index is -0.308. The fraction of sp³-hybridized carbons (Fsp3) is 0.360. The lowest BCUT2D eigenvalue weighted by molar-refractivity contribution is -0.118. The standard InChI is InChI=1S/C25H28N6OS3/c1-6-18-7-8-20-21(11-18)35-25(30-20)31-22(32)19(12-33-23-26-14(2)9-15(3)27-23)13-34-24-28-16(4)10-17(5)29-24/h7-11,19H,6,12-13H2,1-5H3,(H,30,31,32). The summed E-state index contributed by atoms with van der Waals surface area (Å²) in [5.74, 6) is 0.694. The highest BCUT2D eigenvalue weighted by molar-refractivity contribution is 8.00. The molecule has 0 fully saturated rings. The summed E-state index contributed by atoms with van der Waals surface area (Å²) in [6.07, 6.45) is 0.965. The molecular weight excluding hydrogens is 497 g/mol. The van der Waals surface area contributed by atoms with Crippen LogP contribution < -0.4 is 5.32 Å². The van der Waals surface area contributed by atoms with Crippen LogP contribution in [-0.4, -0.2) is 42.3 Å².